The van der Waals surface area contributed by atoms with Gasteiger partial charge < -0.3 is 10.6 Å². The van der Waals surface area contributed by atoms with Gasteiger partial charge in [-0.05, 0) is 49.3 Å². The second kappa shape index (κ2) is 4.79. The molecule has 2 nitrogen and oxygen atoms in total. The molecule has 2 aliphatic rings. The number of nitrogens with zero attached hydrogens (tertiary/aromatic N) is 1. The maximum atomic E-state index is 5.98. The van der Waals surface area contributed by atoms with Crippen molar-refractivity contribution in [2.45, 2.75) is 37.6 Å². The summed E-state index contributed by atoms with van der Waals surface area (Å²) >= 11 is 0. The second-order valence-corrected chi connectivity index (χ2v) is 5.60. The lowest BCUT2D eigenvalue weighted by Gasteiger charge is -2.29. The first-order valence-corrected chi connectivity index (χ1v) is 6.88. The molecule has 0 bridgehead atoms. The zero-order chi connectivity index (χ0) is 11.7. The number of aryl methyl sites for hydroxylation is 1. The van der Waals surface area contributed by atoms with Crippen LogP contribution in [0.3, 0.4) is 0 Å². The minimum Gasteiger partial charge on any atom is -0.326 e. The van der Waals surface area contributed by atoms with Gasteiger partial charge in [-0.25, -0.2) is 0 Å². The fourth-order valence-corrected chi connectivity index (χ4v) is 3.38. The van der Waals surface area contributed by atoms with E-state index in [0.29, 0.717) is 6.04 Å². The van der Waals surface area contributed by atoms with Crippen molar-refractivity contribution in [2.24, 2.45) is 5.73 Å². The Bertz CT molecular complexity index is 388. The molecule has 1 saturated heterocycles. The van der Waals surface area contributed by atoms with Gasteiger partial charge in [-0.3, -0.25) is 0 Å². The molecule has 0 spiro atoms. The van der Waals surface area contributed by atoms with Crippen LogP contribution in [0.5, 0.6) is 0 Å². The van der Waals surface area contributed by atoms with Gasteiger partial charge in [0.05, 0.1) is 0 Å². The van der Waals surface area contributed by atoms with Gasteiger partial charge in [-0.2, -0.15) is 0 Å². The van der Waals surface area contributed by atoms with Crippen LogP contribution in [0.25, 0.3) is 0 Å². The molecule has 0 saturated carbocycles. The quantitative estimate of drug-likeness (QED) is 0.843. The Morgan fingerprint density at radius 1 is 1.24 bits per heavy atom. The number of rotatable bonds is 2. The van der Waals surface area contributed by atoms with Crippen LogP contribution in [-0.2, 0) is 6.42 Å². The lowest BCUT2D eigenvalue weighted by Crippen LogP contribution is -2.31. The van der Waals surface area contributed by atoms with E-state index >= 15 is 0 Å². The predicted octanol–water partition coefficient (Wildman–Crippen LogP) is 2.14. The van der Waals surface area contributed by atoms with E-state index in [2.05, 4.69) is 29.2 Å². The lowest BCUT2D eigenvalue weighted by molar-refractivity contribution is 0.297. The summed E-state index contributed by atoms with van der Waals surface area (Å²) < 4.78 is 0. The number of nitrogens with two attached hydrogens (primary N) is 1. The van der Waals surface area contributed by atoms with Crippen molar-refractivity contribution in [1.82, 2.24) is 4.90 Å². The number of likely N-dealkylation sites (tertiary alicyclic amines) is 1. The fraction of sp³-hybridized carbons (Fsp3) is 0.600. The van der Waals surface area contributed by atoms with Crippen LogP contribution in [0, 0.1) is 0 Å². The van der Waals surface area contributed by atoms with Gasteiger partial charge in [0, 0.05) is 19.1 Å². The van der Waals surface area contributed by atoms with E-state index in [0.717, 1.165) is 12.5 Å². The van der Waals surface area contributed by atoms with E-state index < -0.39 is 0 Å². The first-order valence-electron chi connectivity index (χ1n) is 6.88. The highest BCUT2D eigenvalue weighted by molar-refractivity contribution is 5.32. The summed E-state index contributed by atoms with van der Waals surface area (Å²) in [5.74, 6) is 0.741. The molecule has 92 valence electrons. The van der Waals surface area contributed by atoms with Crippen molar-refractivity contribution in [3.63, 3.8) is 0 Å². The van der Waals surface area contributed by atoms with Crippen molar-refractivity contribution in [3.05, 3.63) is 35.4 Å². The number of hydrogen-bond acceptors (Lipinski definition) is 2. The van der Waals surface area contributed by atoms with Crippen molar-refractivity contribution in [2.75, 3.05) is 19.6 Å². The van der Waals surface area contributed by atoms with Gasteiger partial charge in [-0.15, -0.1) is 0 Å². The number of hydrogen-bond donors (Lipinski definition) is 1. The van der Waals surface area contributed by atoms with Crippen molar-refractivity contribution in [1.29, 1.82) is 0 Å². The molecule has 1 aliphatic heterocycles. The van der Waals surface area contributed by atoms with Crippen LogP contribution >= 0.6 is 0 Å². The predicted molar refractivity (Wildman–Crippen MR) is 71.2 cm³/mol. The van der Waals surface area contributed by atoms with Crippen LogP contribution in [0.1, 0.15) is 36.3 Å². The van der Waals surface area contributed by atoms with Gasteiger partial charge in [-0.1, -0.05) is 24.3 Å². The van der Waals surface area contributed by atoms with Crippen LogP contribution < -0.4 is 5.73 Å². The molecule has 1 heterocycles. The maximum absolute atomic E-state index is 5.98. The minimum absolute atomic E-state index is 0.411. The molecule has 1 fully saturated rings. The van der Waals surface area contributed by atoms with Gasteiger partial charge in [0.15, 0.2) is 0 Å². The molecule has 0 amide bonds. The smallest absolute Gasteiger partial charge is 0.0180 e. The Morgan fingerprint density at radius 2 is 2.12 bits per heavy atom. The maximum Gasteiger partial charge on any atom is 0.0180 e. The molecule has 17 heavy (non-hydrogen) atoms. The number of benzene rings is 1. The molecular weight excluding hydrogens is 208 g/mol. The van der Waals surface area contributed by atoms with E-state index in [1.54, 1.807) is 11.1 Å². The molecule has 0 radical (unpaired) electrons. The Kier molecular flexibility index (Phi) is 3.17. The largest absolute Gasteiger partial charge is 0.326 e. The standard InChI is InChI=1S/C15H22N2/c16-14-8-9-17(11-14)10-13-6-3-5-12-4-1-2-7-15(12)13/h1-2,4,7,13-14H,3,5-6,8-11,16H2/t13?,14-/m0/s1. The zero-order valence-electron chi connectivity index (χ0n) is 10.4. The Labute approximate surface area is 104 Å². The third-order valence-electron chi connectivity index (χ3n) is 4.28. The molecule has 3 rings (SSSR count). The van der Waals surface area contributed by atoms with Crippen LogP contribution in [-0.4, -0.2) is 30.6 Å². The Morgan fingerprint density at radius 3 is 2.94 bits per heavy atom. The highest BCUT2D eigenvalue weighted by atomic mass is 15.2. The minimum atomic E-state index is 0.411. The van der Waals surface area contributed by atoms with E-state index in [4.69, 9.17) is 5.73 Å². The van der Waals surface area contributed by atoms with Crippen molar-refractivity contribution < 1.29 is 0 Å². The normalized spacial score (nSPS) is 29.2. The monoisotopic (exact) mass is 230 g/mol. The first-order chi connectivity index (χ1) is 8.33. The lowest BCUT2D eigenvalue weighted by atomic mass is 9.82. The summed E-state index contributed by atoms with van der Waals surface area (Å²) in [5, 5.41) is 0. The second-order valence-electron chi connectivity index (χ2n) is 5.60. The zero-order valence-corrected chi connectivity index (χ0v) is 10.4. The Hall–Kier alpha value is -0.860. The van der Waals surface area contributed by atoms with E-state index in [1.807, 2.05) is 0 Å². The third-order valence-corrected chi connectivity index (χ3v) is 4.28. The Balaban J connectivity index is 1.72. The average molecular weight is 230 g/mol. The van der Waals surface area contributed by atoms with Gasteiger partial charge in [0.2, 0.25) is 0 Å². The summed E-state index contributed by atoms with van der Waals surface area (Å²) in [4.78, 5) is 2.55. The van der Waals surface area contributed by atoms with Crippen LogP contribution in [0.4, 0.5) is 0 Å². The molecule has 2 N–H and O–H groups in total. The molecular formula is C15H22N2. The van der Waals surface area contributed by atoms with Gasteiger partial charge in [0.1, 0.15) is 0 Å². The topological polar surface area (TPSA) is 29.3 Å². The van der Waals surface area contributed by atoms with Crippen LogP contribution in [0.15, 0.2) is 24.3 Å². The average Bonchev–Trinajstić information content (AvgIpc) is 2.75. The summed E-state index contributed by atoms with van der Waals surface area (Å²) in [7, 11) is 0. The molecule has 2 heteroatoms. The van der Waals surface area contributed by atoms with Crippen molar-refractivity contribution >= 4 is 0 Å². The highest BCUT2D eigenvalue weighted by Gasteiger charge is 2.25. The van der Waals surface area contributed by atoms with E-state index in [9.17, 15) is 0 Å². The third kappa shape index (κ3) is 2.38. The molecule has 1 aromatic rings. The van der Waals surface area contributed by atoms with Crippen LogP contribution in [0.2, 0.25) is 0 Å². The summed E-state index contributed by atoms with van der Waals surface area (Å²) in [5.41, 5.74) is 9.16. The summed E-state index contributed by atoms with van der Waals surface area (Å²) in [6.45, 7) is 3.50. The molecule has 1 aromatic carbocycles. The van der Waals surface area contributed by atoms with Gasteiger partial charge in [0.25, 0.3) is 0 Å². The van der Waals surface area contributed by atoms with Crippen molar-refractivity contribution in [3.8, 4) is 0 Å². The number of fused-ring (bicyclic) bond motifs is 1. The van der Waals surface area contributed by atoms with E-state index in [1.165, 1.54) is 38.8 Å². The molecule has 2 atom stereocenters. The summed E-state index contributed by atoms with van der Waals surface area (Å²) in [6.07, 6.45) is 5.14. The SMILES string of the molecule is N[C@H]1CCN(CC2CCCc3ccccc32)C1. The first kappa shape index (κ1) is 11.2. The molecule has 1 aliphatic carbocycles. The van der Waals surface area contributed by atoms with E-state index in [-0.39, 0.29) is 0 Å². The molecule has 1 unspecified atom stereocenters. The summed E-state index contributed by atoms with van der Waals surface area (Å²) in [6, 6.07) is 9.40. The van der Waals surface area contributed by atoms with Gasteiger partial charge >= 0.3 is 0 Å². The highest BCUT2D eigenvalue weighted by Crippen LogP contribution is 2.32. The molecule has 0 aromatic heterocycles. The fourth-order valence-electron chi connectivity index (χ4n) is 3.38.